The maximum Gasteiger partial charge on any atom is 0.182 e. The Morgan fingerprint density at radius 2 is 1.95 bits per heavy atom. The summed E-state index contributed by atoms with van der Waals surface area (Å²) in [6.07, 6.45) is 0.694. The summed E-state index contributed by atoms with van der Waals surface area (Å²) in [7, 11) is -3.22. The van der Waals surface area contributed by atoms with E-state index in [0.29, 0.717) is 30.3 Å². The van der Waals surface area contributed by atoms with Gasteiger partial charge in [0.25, 0.3) is 0 Å². The Morgan fingerprint density at radius 3 is 2.57 bits per heavy atom. The van der Waals surface area contributed by atoms with Crippen LogP contribution in [0.15, 0.2) is 29.2 Å². The van der Waals surface area contributed by atoms with E-state index >= 15 is 0 Å². The van der Waals surface area contributed by atoms with E-state index in [9.17, 15) is 8.42 Å². The first kappa shape index (κ1) is 16.1. The normalized spacial score (nSPS) is 19.5. The molecule has 1 saturated heterocycles. The lowest BCUT2D eigenvalue weighted by atomic mass is 10.2. The molecule has 0 aliphatic carbocycles. The average molecular weight is 305 g/mol. The first-order valence-corrected chi connectivity index (χ1v) is 8.95. The molecule has 1 aliphatic heterocycles. The van der Waals surface area contributed by atoms with Gasteiger partial charge in [-0.1, -0.05) is 43.4 Å². The predicted octanol–water partition coefficient (Wildman–Crippen LogP) is 2.50. The van der Waals surface area contributed by atoms with Crippen LogP contribution in [0.3, 0.4) is 0 Å². The smallest absolute Gasteiger partial charge is 0.182 e. The molecule has 0 amide bonds. The molecule has 3 nitrogen and oxygen atoms in total. The van der Waals surface area contributed by atoms with Crippen LogP contribution < -0.4 is 0 Å². The monoisotopic (exact) mass is 305 g/mol. The van der Waals surface area contributed by atoms with Crippen LogP contribution >= 0.6 is 0 Å². The van der Waals surface area contributed by atoms with Gasteiger partial charge in [-0.25, -0.2) is 8.42 Å². The van der Waals surface area contributed by atoms with E-state index in [-0.39, 0.29) is 5.25 Å². The minimum absolute atomic E-state index is 0.305. The molecule has 0 saturated carbocycles. The third-order valence-electron chi connectivity index (χ3n) is 3.71. The van der Waals surface area contributed by atoms with Crippen LogP contribution in [0.2, 0.25) is 0 Å². The molecule has 1 fully saturated rings. The second kappa shape index (κ2) is 6.64. The highest BCUT2D eigenvalue weighted by Crippen LogP contribution is 2.23. The second-order valence-electron chi connectivity index (χ2n) is 5.98. The van der Waals surface area contributed by atoms with Gasteiger partial charge in [-0.15, -0.1) is 0 Å². The summed E-state index contributed by atoms with van der Waals surface area (Å²) in [5.41, 5.74) is 1.07. The standard InChI is InChI=1S/C17H23NO2S/c1-14(2)5-4-11-18-12-10-17(13-18)21(19,20)16-8-6-15(3)7-9-16/h6-9,14,17H,10-13H2,1-3H3. The van der Waals surface area contributed by atoms with Crippen molar-refractivity contribution in [3.05, 3.63) is 29.8 Å². The van der Waals surface area contributed by atoms with Crippen LogP contribution in [-0.4, -0.2) is 38.2 Å². The average Bonchev–Trinajstić information content (AvgIpc) is 2.88. The van der Waals surface area contributed by atoms with Gasteiger partial charge < -0.3 is 0 Å². The summed E-state index contributed by atoms with van der Waals surface area (Å²) in [5.74, 6) is 6.61. The number of rotatable bonds is 3. The Kier molecular flexibility index (Phi) is 5.08. The molecule has 0 aromatic heterocycles. The van der Waals surface area contributed by atoms with Gasteiger partial charge in [0, 0.05) is 19.0 Å². The number of hydrogen-bond acceptors (Lipinski definition) is 3. The van der Waals surface area contributed by atoms with Crippen molar-refractivity contribution in [2.75, 3.05) is 19.6 Å². The molecule has 0 N–H and O–H groups in total. The Hall–Kier alpha value is -1.31. The van der Waals surface area contributed by atoms with Crippen LogP contribution in [0.4, 0.5) is 0 Å². The lowest BCUT2D eigenvalue weighted by Crippen LogP contribution is -2.27. The summed E-state index contributed by atoms with van der Waals surface area (Å²) >= 11 is 0. The topological polar surface area (TPSA) is 37.4 Å². The van der Waals surface area contributed by atoms with Gasteiger partial charge >= 0.3 is 0 Å². The van der Waals surface area contributed by atoms with E-state index in [1.165, 1.54) is 0 Å². The maximum absolute atomic E-state index is 12.6. The van der Waals surface area contributed by atoms with Gasteiger partial charge in [-0.3, -0.25) is 4.90 Å². The predicted molar refractivity (Wildman–Crippen MR) is 85.8 cm³/mol. The zero-order valence-corrected chi connectivity index (χ0v) is 13.8. The van der Waals surface area contributed by atoms with Crippen molar-refractivity contribution in [2.45, 2.75) is 37.3 Å². The van der Waals surface area contributed by atoms with Crippen molar-refractivity contribution in [3.8, 4) is 11.8 Å². The first-order valence-electron chi connectivity index (χ1n) is 7.41. The highest BCUT2D eigenvalue weighted by molar-refractivity contribution is 7.92. The first-order chi connectivity index (χ1) is 9.89. The highest BCUT2D eigenvalue weighted by atomic mass is 32.2. The van der Waals surface area contributed by atoms with Crippen molar-refractivity contribution >= 4 is 9.84 Å². The molecular weight excluding hydrogens is 282 g/mol. The van der Waals surface area contributed by atoms with Crippen LogP contribution in [-0.2, 0) is 9.84 Å². The van der Waals surface area contributed by atoms with Gasteiger partial charge in [-0.2, -0.15) is 0 Å². The third-order valence-corrected chi connectivity index (χ3v) is 5.90. The van der Waals surface area contributed by atoms with E-state index in [1.807, 2.05) is 19.1 Å². The molecule has 4 heteroatoms. The van der Waals surface area contributed by atoms with Gasteiger partial charge in [-0.05, 0) is 25.5 Å². The Balaban J connectivity index is 2.03. The molecule has 1 unspecified atom stereocenters. The fourth-order valence-corrected chi connectivity index (χ4v) is 4.20. The van der Waals surface area contributed by atoms with Crippen LogP contribution in [0.25, 0.3) is 0 Å². The number of hydrogen-bond donors (Lipinski definition) is 0. The Bertz CT molecular complexity index is 636. The molecule has 1 aromatic carbocycles. The van der Waals surface area contributed by atoms with Crippen molar-refractivity contribution in [1.82, 2.24) is 4.90 Å². The fraction of sp³-hybridized carbons (Fsp3) is 0.529. The lowest BCUT2D eigenvalue weighted by Gasteiger charge is -2.13. The summed E-state index contributed by atoms with van der Waals surface area (Å²) in [5, 5.41) is -0.305. The summed E-state index contributed by atoms with van der Waals surface area (Å²) in [4.78, 5) is 2.57. The van der Waals surface area contributed by atoms with Gasteiger partial charge in [0.2, 0.25) is 0 Å². The minimum atomic E-state index is -3.22. The summed E-state index contributed by atoms with van der Waals surface area (Å²) in [6, 6.07) is 7.14. The second-order valence-corrected chi connectivity index (χ2v) is 8.21. The van der Waals surface area contributed by atoms with Gasteiger partial charge in [0.1, 0.15) is 0 Å². The number of benzene rings is 1. The SMILES string of the molecule is Cc1ccc(S(=O)(=O)C2CCN(CC#CC(C)C)C2)cc1. The molecule has 1 heterocycles. The van der Waals surface area contributed by atoms with E-state index in [4.69, 9.17) is 0 Å². The fourth-order valence-electron chi connectivity index (χ4n) is 2.48. The van der Waals surface area contributed by atoms with Crippen LogP contribution in [0.5, 0.6) is 0 Å². The highest BCUT2D eigenvalue weighted by Gasteiger charge is 2.33. The minimum Gasteiger partial charge on any atom is -0.291 e. The molecule has 1 aliphatic rings. The maximum atomic E-state index is 12.6. The van der Waals surface area contributed by atoms with E-state index in [1.54, 1.807) is 12.1 Å². The number of aryl methyl sites for hydroxylation is 1. The summed E-state index contributed by atoms with van der Waals surface area (Å²) in [6.45, 7) is 8.13. The van der Waals surface area contributed by atoms with Crippen molar-refractivity contribution < 1.29 is 8.42 Å². The molecule has 21 heavy (non-hydrogen) atoms. The molecule has 114 valence electrons. The molecular formula is C17H23NO2S. The van der Waals surface area contributed by atoms with E-state index < -0.39 is 9.84 Å². The van der Waals surface area contributed by atoms with Crippen molar-refractivity contribution in [3.63, 3.8) is 0 Å². The molecule has 0 radical (unpaired) electrons. The van der Waals surface area contributed by atoms with Crippen molar-refractivity contribution in [2.24, 2.45) is 5.92 Å². The van der Waals surface area contributed by atoms with Crippen molar-refractivity contribution in [1.29, 1.82) is 0 Å². The van der Waals surface area contributed by atoms with E-state index in [0.717, 1.165) is 12.1 Å². The summed E-state index contributed by atoms with van der Waals surface area (Å²) < 4.78 is 25.2. The largest absolute Gasteiger partial charge is 0.291 e. The molecule has 1 atom stereocenters. The Morgan fingerprint density at radius 1 is 1.29 bits per heavy atom. The number of nitrogens with zero attached hydrogens (tertiary/aromatic N) is 1. The van der Waals surface area contributed by atoms with Crippen LogP contribution in [0.1, 0.15) is 25.8 Å². The van der Waals surface area contributed by atoms with Gasteiger partial charge in [0.15, 0.2) is 9.84 Å². The zero-order valence-electron chi connectivity index (χ0n) is 13.0. The number of likely N-dealkylation sites (tertiary alicyclic amines) is 1. The van der Waals surface area contributed by atoms with Crippen LogP contribution in [0, 0.1) is 24.7 Å². The van der Waals surface area contributed by atoms with E-state index in [2.05, 4.69) is 30.6 Å². The number of sulfone groups is 1. The van der Waals surface area contributed by atoms with Gasteiger partial charge in [0.05, 0.1) is 16.7 Å². The quantitative estimate of drug-likeness (QED) is 0.805. The third kappa shape index (κ3) is 4.09. The molecule has 0 spiro atoms. The molecule has 0 bridgehead atoms. The zero-order chi connectivity index (χ0) is 15.5. The lowest BCUT2D eigenvalue weighted by molar-refractivity contribution is 0.382. The molecule has 2 rings (SSSR count). The Labute approximate surface area is 128 Å². The molecule has 1 aromatic rings.